The van der Waals surface area contributed by atoms with Crippen LogP contribution < -0.4 is 14.8 Å². The van der Waals surface area contributed by atoms with E-state index >= 15 is 0 Å². The lowest BCUT2D eigenvalue weighted by molar-refractivity contribution is -0.0359. The average Bonchev–Trinajstić information content (AvgIpc) is 3.17. The number of hydrogen-bond acceptors (Lipinski definition) is 7. The van der Waals surface area contributed by atoms with Gasteiger partial charge in [-0.1, -0.05) is 19.1 Å². The van der Waals surface area contributed by atoms with Gasteiger partial charge in [0.15, 0.2) is 17.1 Å². The first-order valence-corrected chi connectivity index (χ1v) is 11.4. The number of methoxy groups -OCH3 is 2. The van der Waals surface area contributed by atoms with Crippen LogP contribution in [0.1, 0.15) is 51.6 Å². The summed E-state index contributed by atoms with van der Waals surface area (Å²) in [5.41, 5.74) is 1.15. The molecule has 8 heteroatoms. The van der Waals surface area contributed by atoms with Crippen molar-refractivity contribution in [2.24, 2.45) is 5.92 Å². The van der Waals surface area contributed by atoms with E-state index < -0.39 is 17.4 Å². The largest absolute Gasteiger partial charge is 0.493 e. The molecular weight excluding hydrogens is 448 g/mol. The number of benzene rings is 2. The van der Waals surface area contributed by atoms with Crippen molar-refractivity contribution in [3.8, 4) is 11.5 Å². The molecular formula is C27H34N2O6. The zero-order valence-electron chi connectivity index (χ0n) is 21.3. The first-order chi connectivity index (χ1) is 16.4. The lowest BCUT2D eigenvalue weighted by atomic mass is 9.92. The Balaban J connectivity index is 1.70. The first-order valence-electron chi connectivity index (χ1n) is 11.4. The topological polar surface area (TPSA) is 103 Å². The van der Waals surface area contributed by atoms with Gasteiger partial charge in [0.25, 0.3) is 0 Å². The quantitative estimate of drug-likeness (QED) is 0.413. The maximum Gasteiger partial charge on any atom is 0.409 e. The van der Waals surface area contributed by atoms with Crippen LogP contribution >= 0.6 is 0 Å². The third kappa shape index (κ3) is 6.99. The Kier molecular flexibility index (Phi) is 7.75. The van der Waals surface area contributed by atoms with E-state index in [2.05, 4.69) is 10.3 Å². The van der Waals surface area contributed by atoms with Gasteiger partial charge in [0, 0.05) is 12.0 Å². The monoisotopic (exact) mass is 482 g/mol. The standard InChI is InChI=1S/C27H34N2O6/c1-17(27(5,31)29-25(30)35-26(2,3)4)14-19-9-11-21-20(15-19)28-24(34-21)13-10-18-8-12-22(32-6)23(16-18)33-7/h8-13,15-17,31H,14H2,1-7H3,(H,29,30)/b13-10+/t17?,27-/m1/s1. The molecule has 188 valence electrons. The fraction of sp³-hybridized carbons (Fsp3) is 0.407. The summed E-state index contributed by atoms with van der Waals surface area (Å²) >= 11 is 0. The van der Waals surface area contributed by atoms with E-state index in [-0.39, 0.29) is 5.92 Å². The van der Waals surface area contributed by atoms with Crippen molar-refractivity contribution < 1.29 is 28.5 Å². The summed E-state index contributed by atoms with van der Waals surface area (Å²) < 4.78 is 21.7. The Bertz CT molecular complexity index is 1210. The van der Waals surface area contributed by atoms with Gasteiger partial charge in [-0.25, -0.2) is 9.78 Å². The second kappa shape index (κ2) is 10.4. The van der Waals surface area contributed by atoms with Crippen LogP contribution in [0.25, 0.3) is 23.3 Å². The number of amides is 1. The number of rotatable bonds is 8. The molecule has 0 saturated heterocycles. The van der Waals surface area contributed by atoms with Gasteiger partial charge in [-0.05, 0) is 75.6 Å². The van der Waals surface area contributed by atoms with Crippen molar-refractivity contribution in [3.63, 3.8) is 0 Å². The molecule has 0 spiro atoms. The number of alkyl carbamates (subject to hydrolysis) is 1. The number of aromatic nitrogens is 1. The molecule has 1 heterocycles. The lowest BCUT2D eigenvalue weighted by Gasteiger charge is -2.32. The summed E-state index contributed by atoms with van der Waals surface area (Å²) in [6, 6.07) is 11.3. The molecule has 3 rings (SSSR count). The molecule has 2 aromatic carbocycles. The van der Waals surface area contributed by atoms with Crippen molar-refractivity contribution in [1.82, 2.24) is 10.3 Å². The van der Waals surface area contributed by atoms with Crippen LogP contribution in [0.5, 0.6) is 11.5 Å². The van der Waals surface area contributed by atoms with Gasteiger partial charge in [0.05, 0.1) is 14.2 Å². The predicted molar refractivity (Wildman–Crippen MR) is 135 cm³/mol. The molecule has 8 nitrogen and oxygen atoms in total. The number of ether oxygens (including phenoxy) is 3. The summed E-state index contributed by atoms with van der Waals surface area (Å²) in [5, 5.41) is 13.4. The van der Waals surface area contributed by atoms with Crippen LogP contribution in [0.2, 0.25) is 0 Å². The minimum absolute atomic E-state index is 0.288. The zero-order valence-corrected chi connectivity index (χ0v) is 21.3. The van der Waals surface area contributed by atoms with Crippen molar-refractivity contribution in [2.75, 3.05) is 14.2 Å². The molecule has 0 bridgehead atoms. The van der Waals surface area contributed by atoms with E-state index in [9.17, 15) is 9.90 Å². The maximum atomic E-state index is 12.1. The molecule has 3 aromatic rings. The van der Waals surface area contributed by atoms with Crippen LogP contribution in [0.15, 0.2) is 40.8 Å². The Morgan fingerprint density at radius 3 is 2.46 bits per heavy atom. The molecule has 0 saturated carbocycles. The van der Waals surface area contributed by atoms with Crippen molar-refractivity contribution in [1.29, 1.82) is 0 Å². The van der Waals surface area contributed by atoms with Crippen LogP contribution in [0.3, 0.4) is 0 Å². The number of carbonyl (C=O) groups is 1. The minimum atomic E-state index is -1.45. The number of carbonyl (C=O) groups excluding carboxylic acids is 1. The Morgan fingerprint density at radius 2 is 1.80 bits per heavy atom. The van der Waals surface area contributed by atoms with Crippen LogP contribution in [0, 0.1) is 5.92 Å². The lowest BCUT2D eigenvalue weighted by Crippen LogP contribution is -2.52. The highest BCUT2D eigenvalue weighted by atomic mass is 16.6. The Hall–Kier alpha value is -3.52. The zero-order chi connectivity index (χ0) is 25.8. The van der Waals surface area contributed by atoms with E-state index in [0.717, 1.165) is 11.1 Å². The van der Waals surface area contributed by atoms with Crippen LogP contribution in [-0.2, 0) is 11.2 Å². The molecule has 35 heavy (non-hydrogen) atoms. The second-order valence-corrected chi connectivity index (χ2v) is 9.68. The van der Waals surface area contributed by atoms with Gasteiger partial charge in [-0.3, -0.25) is 5.32 Å². The summed E-state index contributed by atoms with van der Waals surface area (Å²) in [7, 11) is 3.19. The van der Waals surface area contributed by atoms with Crippen molar-refractivity contribution in [2.45, 2.75) is 52.4 Å². The Morgan fingerprint density at radius 1 is 1.09 bits per heavy atom. The highest BCUT2D eigenvalue weighted by Crippen LogP contribution is 2.29. The molecule has 1 aromatic heterocycles. The summed E-state index contributed by atoms with van der Waals surface area (Å²) in [5.74, 6) is 1.49. The maximum absolute atomic E-state index is 12.1. The average molecular weight is 483 g/mol. The second-order valence-electron chi connectivity index (χ2n) is 9.68. The van der Waals surface area contributed by atoms with Gasteiger partial charge in [0.1, 0.15) is 16.8 Å². The van der Waals surface area contributed by atoms with Crippen LogP contribution in [-0.4, -0.2) is 41.7 Å². The summed E-state index contributed by atoms with van der Waals surface area (Å²) in [6.07, 6.45) is 3.53. The van der Waals surface area contributed by atoms with Gasteiger partial charge in [-0.15, -0.1) is 0 Å². The van der Waals surface area contributed by atoms with Crippen molar-refractivity contribution in [3.05, 3.63) is 53.4 Å². The fourth-order valence-electron chi connectivity index (χ4n) is 3.50. The van der Waals surface area contributed by atoms with E-state index in [4.69, 9.17) is 18.6 Å². The SMILES string of the molecule is COc1ccc(/C=C/c2nc3cc(CC(C)[C@@](C)(O)NC(=O)OC(C)(C)C)ccc3o2)cc1OC. The molecule has 2 atom stereocenters. The van der Waals surface area contributed by atoms with Gasteiger partial charge in [-0.2, -0.15) is 0 Å². The molecule has 1 amide bonds. The Labute approximate surface area is 205 Å². The number of hydrogen-bond donors (Lipinski definition) is 2. The van der Waals surface area contributed by atoms with E-state index in [1.54, 1.807) is 48.0 Å². The molecule has 1 unspecified atom stereocenters. The van der Waals surface area contributed by atoms with E-state index in [1.165, 1.54) is 0 Å². The number of fused-ring (bicyclic) bond motifs is 1. The normalized spacial score (nSPS) is 14.5. The van der Waals surface area contributed by atoms with E-state index in [0.29, 0.717) is 34.9 Å². The third-order valence-electron chi connectivity index (χ3n) is 5.55. The third-order valence-corrected chi connectivity index (χ3v) is 5.55. The van der Waals surface area contributed by atoms with Gasteiger partial charge >= 0.3 is 6.09 Å². The van der Waals surface area contributed by atoms with Gasteiger partial charge < -0.3 is 23.7 Å². The van der Waals surface area contributed by atoms with Gasteiger partial charge in [0.2, 0.25) is 5.89 Å². The molecule has 0 aliphatic rings. The molecule has 0 aliphatic carbocycles. The number of oxazole rings is 1. The molecule has 0 aliphatic heterocycles. The minimum Gasteiger partial charge on any atom is -0.493 e. The highest BCUT2D eigenvalue weighted by Gasteiger charge is 2.32. The fourth-order valence-corrected chi connectivity index (χ4v) is 3.50. The number of nitrogens with one attached hydrogen (secondary N) is 1. The highest BCUT2D eigenvalue weighted by molar-refractivity contribution is 5.77. The summed E-state index contributed by atoms with van der Waals surface area (Å²) in [4.78, 5) is 16.7. The number of nitrogens with zero attached hydrogens (tertiary/aromatic N) is 1. The molecule has 0 radical (unpaired) electrons. The van der Waals surface area contributed by atoms with Crippen LogP contribution in [0.4, 0.5) is 4.79 Å². The smallest absolute Gasteiger partial charge is 0.409 e. The first kappa shape index (κ1) is 26.1. The molecule has 0 fully saturated rings. The predicted octanol–water partition coefficient (Wildman–Crippen LogP) is 5.43. The van der Waals surface area contributed by atoms with Crippen molar-refractivity contribution >= 4 is 29.3 Å². The number of aliphatic hydroxyl groups is 1. The molecule has 2 N–H and O–H groups in total. The van der Waals surface area contributed by atoms with E-state index in [1.807, 2.05) is 49.4 Å². The summed E-state index contributed by atoms with van der Waals surface area (Å²) in [6.45, 7) is 8.74.